The molecule has 0 saturated heterocycles. The van der Waals surface area contributed by atoms with Gasteiger partial charge in [0, 0.05) is 32.1 Å². The molecule has 0 atom stereocenters. The Kier molecular flexibility index (Phi) is 3.31. The van der Waals surface area contributed by atoms with Crippen LogP contribution in [0, 0.1) is 0 Å². The van der Waals surface area contributed by atoms with Crippen LogP contribution in [0.3, 0.4) is 0 Å². The van der Waals surface area contributed by atoms with Crippen molar-refractivity contribution in [1.29, 1.82) is 0 Å². The molecule has 0 fully saturated rings. The number of rotatable bonds is 3. The van der Waals surface area contributed by atoms with Gasteiger partial charge in [-0.1, -0.05) is 23.2 Å². The van der Waals surface area contributed by atoms with Gasteiger partial charge in [-0.2, -0.15) is 5.10 Å². The minimum atomic E-state index is 0.322. The summed E-state index contributed by atoms with van der Waals surface area (Å²) in [6.07, 6.45) is 3.56. The third-order valence-corrected chi connectivity index (χ3v) is 2.73. The maximum absolute atomic E-state index is 5.86. The summed E-state index contributed by atoms with van der Waals surface area (Å²) in [5.74, 6) is 0.813. The van der Waals surface area contributed by atoms with Crippen molar-refractivity contribution in [3.63, 3.8) is 0 Å². The molecule has 0 aliphatic rings. The van der Waals surface area contributed by atoms with E-state index in [0.29, 0.717) is 16.7 Å². The molecule has 0 aliphatic carbocycles. The van der Waals surface area contributed by atoms with Crippen LogP contribution >= 0.6 is 23.2 Å². The van der Waals surface area contributed by atoms with Gasteiger partial charge in [-0.15, -0.1) is 0 Å². The van der Waals surface area contributed by atoms with Crippen LogP contribution in [0.2, 0.25) is 10.2 Å². The molecule has 0 saturated carbocycles. The molecule has 4 nitrogen and oxygen atoms in total. The van der Waals surface area contributed by atoms with Gasteiger partial charge in [0.15, 0.2) is 0 Å². The van der Waals surface area contributed by atoms with E-state index < -0.39 is 0 Å². The molecular formula is C10H10Cl2N4. The highest BCUT2D eigenvalue weighted by molar-refractivity contribution is 6.41. The molecule has 0 radical (unpaired) electrons. The molecule has 84 valence electrons. The van der Waals surface area contributed by atoms with E-state index in [0.717, 1.165) is 11.4 Å². The van der Waals surface area contributed by atoms with Crippen molar-refractivity contribution in [2.75, 3.05) is 5.32 Å². The summed E-state index contributed by atoms with van der Waals surface area (Å²) in [4.78, 5) is 3.96. The maximum atomic E-state index is 5.86. The van der Waals surface area contributed by atoms with Crippen LogP contribution in [-0.2, 0) is 13.6 Å². The number of aromatic nitrogens is 3. The average molecular weight is 257 g/mol. The van der Waals surface area contributed by atoms with Gasteiger partial charge in [0.1, 0.15) is 11.0 Å². The third kappa shape index (κ3) is 2.65. The normalized spacial score (nSPS) is 10.4. The summed E-state index contributed by atoms with van der Waals surface area (Å²) in [5.41, 5.74) is 0.958. The van der Waals surface area contributed by atoms with E-state index in [1.807, 2.05) is 19.3 Å². The Morgan fingerprint density at radius 1 is 1.44 bits per heavy atom. The highest BCUT2D eigenvalue weighted by atomic mass is 35.5. The fourth-order valence-corrected chi connectivity index (χ4v) is 1.55. The van der Waals surface area contributed by atoms with Crippen molar-refractivity contribution in [2.24, 2.45) is 7.05 Å². The summed E-state index contributed by atoms with van der Waals surface area (Å²) in [7, 11) is 1.87. The second-order valence-electron chi connectivity index (χ2n) is 3.34. The number of hydrogen-bond donors (Lipinski definition) is 1. The molecule has 0 aromatic carbocycles. The van der Waals surface area contributed by atoms with Crippen LogP contribution in [0.5, 0.6) is 0 Å². The van der Waals surface area contributed by atoms with Gasteiger partial charge >= 0.3 is 0 Å². The molecule has 0 bridgehead atoms. The van der Waals surface area contributed by atoms with Gasteiger partial charge in [-0.25, -0.2) is 4.98 Å². The Bertz CT molecular complexity index is 495. The molecule has 6 heteroatoms. The molecular weight excluding hydrogens is 247 g/mol. The fourth-order valence-electron chi connectivity index (χ4n) is 1.26. The lowest BCUT2D eigenvalue weighted by atomic mass is 10.3. The van der Waals surface area contributed by atoms with E-state index in [1.165, 1.54) is 0 Å². The van der Waals surface area contributed by atoms with Gasteiger partial charge in [0.05, 0.1) is 5.02 Å². The summed E-state index contributed by atoms with van der Waals surface area (Å²) in [6, 6.07) is 3.68. The first-order valence-corrected chi connectivity index (χ1v) is 5.44. The van der Waals surface area contributed by atoms with E-state index in [4.69, 9.17) is 23.2 Å². The number of hydrogen-bond acceptors (Lipinski definition) is 3. The lowest BCUT2D eigenvalue weighted by Gasteiger charge is -2.03. The van der Waals surface area contributed by atoms with E-state index in [1.54, 1.807) is 16.9 Å². The Morgan fingerprint density at radius 2 is 2.25 bits per heavy atom. The molecule has 2 rings (SSSR count). The first kappa shape index (κ1) is 11.2. The second kappa shape index (κ2) is 4.72. The van der Waals surface area contributed by atoms with E-state index in [-0.39, 0.29) is 0 Å². The number of aryl methyl sites for hydroxylation is 1. The molecule has 2 aromatic heterocycles. The zero-order valence-corrected chi connectivity index (χ0v) is 10.1. The Morgan fingerprint density at radius 3 is 2.88 bits per heavy atom. The predicted octanol–water partition coefficient (Wildman–Crippen LogP) is 2.73. The van der Waals surface area contributed by atoms with Crippen LogP contribution in [0.15, 0.2) is 24.5 Å². The monoisotopic (exact) mass is 256 g/mol. The largest absolute Gasteiger partial charge is 0.364 e. The van der Waals surface area contributed by atoms with Crippen molar-refractivity contribution in [1.82, 2.24) is 14.8 Å². The highest BCUT2D eigenvalue weighted by Crippen LogP contribution is 2.20. The maximum Gasteiger partial charge on any atom is 0.148 e. The van der Waals surface area contributed by atoms with Gasteiger partial charge in [-0.3, -0.25) is 4.68 Å². The lowest BCUT2D eigenvalue weighted by molar-refractivity contribution is 0.768. The Labute approximate surface area is 103 Å². The molecule has 2 heterocycles. The van der Waals surface area contributed by atoms with E-state index in [2.05, 4.69) is 15.4 Å². The second-order valence-corrected chi connectivity index (χ2v) is 4.11. The standard InChI is InChI=1S/C10H10Cl2N4/c1-16-3-2-9(15-16)13-5-7-4-8(11)10(12)14-6-7/h2-4,6H,5H2,1H3,(H,13,15). The van der Waals surface area contributed by atoms with Crippen molar-refractivity contribution >= 4 is 29.0 Å². The van der Waals surface area contributed by atoms with Crippen LogP contribution in [0.25, 0.3) is 0 Å². The minimum absolute atomic E-state index is 0.322. The molecule has 0 spiro atoms. The molecule has 0 unspecified atom stereocenters. The quantitative estimate of drug-likeness (QED) is 0.859. The van der Waals surface area contributed by atoms with Crippen molar-refractivity contribution in [3.05, 3.63) is 40.3 Å². The number of nitrogens with zero attached hydrogens (tertiary/aromatic N) is 3. The van der Waals surface area contributed by atoms with Gasteiger partial charge in [0.2, 0.25) is 0 Å². The van der Waals surface area contributed by atoms with E-state index in [9.17, 15) is 0 Å². The highest BCUT2D eigenvalue weighted by Gasteiger charge is 2.01. The van der Waals surface area contributed by atoms with Crippen LogP contribution in [0.4, 0.5) is 5.82 Å². The average Bonchev–Trinajstić information content (AvgIpc) is 2.66. The Hall–Kier alpha value is -1.26. The molecule has 1 N–H and O–H groups in total. The number of pyridine rings is 1. The SMILES string of the molecule is Cn1ccc(NCc2cnc(Cl)c(Cl)c2)n1. The zero-order chi connectivity index (χ0) is 11.5. The van der Waals surface area contributed by atoms with Crippen LogP contribution < -0.4 is 5.32 Å². The first-order chi connectivity index (χ1) is 7.65. The first-order valence-electron chi connectivity index (χ1n) is 4.68. The molecule has 16 heavy (non-hydrogen) atoms. The number of anilines is 1. The van der Waals surface area contributed by atoms with Gasteiger partial charge in [-0.05, 0) is 11.6 Å². The zero-order valence-electron chi connectivity index (χ0n) is 8.61. The molecule has 0 amide bonds. The summed E-state index contributed by atoms with van der Waals surface area (Å²) < 4.78 is 1.73. The van der Waals surface area contributed by atoms with Gasteiger partial charge < -0.3 is 5.32 Å². The smallest absolute Gasteiger partial charge is 0.148 e. The number of halogens is 2. The third-order valence-electron chi connectivity index (χ3n) is 2.04. The van der Waals surface area contributed by atoms with Crippen molar-refractivity contribution < 1.29 is 0 Å². The van der Waals surface area contributed by atoms with Gasteiger partial charge in [0.25, 0.3) is 0 Å². The van der Waals surface area contributed by atoms with Crippen LogP contribution in [0.1, 0.15) is 5.56 Å². The molecule has 0 aliphatic heterocycles. The fraction of sp³-hybridized carbons (Fsp3) is 0.200. The summed E-state index contributed by atoms with van der Waals surface area (Å²) in [6.45, 7) is 0.612. The van der Waals surface area contributed by atoms with Crippen LogP contribution in [-0.4, -0.2) is 14.8 Å². The van der Waals surface area contributed by atoms with E-state index >= 15 is 0 Å². The lowest BCUT2D eigenvalue weighted by Crippen LogP contribution is -2.01. The summed E-state index contributed by atoms with van der Waals surface area (Å²) >= 11 is 11.6. The predicted molar refractivity (Wildman–Crippen MR) is 64.8 cm³/mol. The van der Waals surface area contributed by atoms with Crippen molar-refractivity contribution in [3.8, 4) is 0 Å². The Balaban J connectivity index is 2.02. The van der Waals surface area contributed by atoms with Crippen molar-refractivity contribution in [2.45, 2.75) is 6.54 Å². The molecule has 2 aromatic rings. The number of nitrogens with one attached hydrogen (secondary N) is 1. The summed E-state index contributed by atoms with van der Waals surface area (Å²) in [5, 5.41) is 8.13. The minimum Gasteiger partial charge on any atom is -0.364 e. The topological polar surface area (TPSA) is 42.7 Å².